The van der Waals surface area contributed by atoms with Crippen LogP contribution in [-0.4, -0.2) is 15.2 Å². The average Bonchev–Trinajstić information content (AvgIpc) is 1.88. The molecule has 0 fully saturated rings. The summed E-state index contributed by atoms with van der Waals surface area (Å²) in [6.45, 7) is 1.99. The second kappa shape index (κ2) is 2.39. The van der Waals surface area contributed by atoms with Crippen molar-refractivity contribution in [3.05, 3.63) is 11.9 Å². The fourth-order valence-electron chi connectivity index (χ4n) is 0.523. The van der Waals surface area contributed by atoms with Gasteiger partial charge in [-0.2, -0.15) is 5.10 Å². The molecule has 0 saturated carbocycles. The maximum Gasteiger partial charge on any atom is 0.240 e. The minimum absolute atomic E-state index is 0.245. The van der Waals surface area contributed by atoms with E-state index >= 15 is 0 Å². The zero-order chi connectivity index (χ0) is 6.69. The van der Waals surface area contributed by atoms with Crippen molar-refractivity contribution in [2.45, 2.75) is 13.3 Å². The van der Waals surface area contributed by atoms with Gasteiger partial charge in [-0.1, -0.05) is 6.92 Å². The number of hydrogen-bond donors (Lipinski definition) is 1. The first-order valence-electron chi connectivity index (χ1n) is 2.77. The van der Waals surface area contributed by atoms with E-state index in [1.54, 1.807) is 6.20 Å². The van der Waals surface area contributed by atoms with Gasteiger partial charge in [-0.15, -0.1) is 5.10 Å². The molecule has 0 atom stereocenters. The molecule has 4 nitrogen and oxygen atoms in total. The Kier molecular flexibility index (Phi) is 1.58. The van der Waals surface area contributed by atoms with Gasteiger partial charge < -0.3 is 5.73 Å². The molecule has 0 aliphatic heterocycles. The van der Waals surface area contributed by atoms with Gasteiger partial charge in [-0.25, -0.2) is 4.98 Å². The molecule has 0 amide bonds. The van der Waals surface area contributed by atoms with Crippen LogP contribution in [0.5, 0.6) is 0 Å². The lowest BCUT2D eigenvalue weighted by atomic mass is 10.4. The summed E-state index contributed by atoms with van der Waals surface area (Å²) in [5.74, 6) is 0.245. The van der Waals surface area contributed by atoms with E-state index in [1.165, 1.54) is 0 Å². The average molecular weight is 124 g/mol. The lowest BCUT2D eigenvalue weighted by Gasteiger charge is -1.92. The van der Waals surface area contributed by atoms with Crippen molar-refractivity contribution in [2.24, 2.45) is 0 Å². The van der Waals surface area contributed by atoms with Gasteiger partial charge in [0.25, 0.3) is 0 Å². The molecule has 4 heteroatoms. The molecule has 1 heterocycles. The molecule has 1 aromatic heterocycles. The van der Waals surface area contributed by atoms with Crippen molar-refractivity contribution in [1.82, 2.24) is 15.2 Å². The largest absolute Gasteiger partial charge is 0.366 e. The third-order valence-corrected chi connectivity index (χ3v) is 0.987. The van der Waals surface area contributed by atoms with Gasteiger partial charge in [0.05, 0.1) is 11.9 Å². The van der Waals surface area contributed by atoms with Crippen molar-refractivity contribution < 1.29 is 0 Å². The second-order valence-electron chi connectivity index (χ2n) is 1.66. The van der Waals surface area contributed by atoms with Gasteiger partial charge in [0.1, 0.15) is 0 Å². The van der Waals surface area contributed by atoms with Crippen LogP contribution < -0.4 is 5.73 Å². The molecular weight excluding hydrogens is 116 g/mol. The van der Waals surface area contributed by atoms with Crippen LogP contribution in [0, 0.1) is 0 Å². The van der Waals surface area contributed by atoms with E-state index in [-0.39, 0.29) is 5.95 Å². The summed E-state index contributed by atoms with van der Waals surface area (Å²) in [6.07, 6.45) is 2.45. The van der Waals surface area contributed by atoms with Gasteiger partial charge in [0.15, 0.2) is 0 Å². The maximum atomic E-state index is 5.25. The van der Waals surface area contributed by atoms with E-state index < -0.39 is 0 Å². The Morgan fingerprint density at radius 2 is 2.44 bits per heavy atom. The van der Waals surface area contributed by atoms with E-state index in [2.05, 4.69) is 15.2 Å². The van der Waals surface area contributed by atoms with E-state index in [0.717, 1.165) is 12.1 Å². The highest BCUT2D eigenvalue weighted by Crippen LogP contribution is 1.92. The normalized spacial score (nSPS) is 9.44. The molecule has 2 N–H and O–H groups in total. The Hall–Kier alpha value is -1.19. The van der Waals surface area contributed by atoms with E-state index in [9.17, 15) is 0 Å². The molecule has 9 heavy (non-hydrogen) atoms. The lowest BCUT2D eigenvalue weighted by Crippen LogP contribution is -1.99. The standard InChI is InChI=1S/C5H8N4/c1-2-4-3-7-9-5(6)8-4/h3H,2H2,1H3,(H2,6,8,9). The lowest BCUT2D eigenvalue weighted by molar-refractivity contribution is 0.913. The van der Waals surface area contributed by atoms with Crippen molar-refractivity contribution >= 4 is 5.95 Å². The quantitative estimate of drug-likeness (QED) is 0.573. The monoisotopic (exact) mass is 124 g/mol. The summed E-state index contributed by atoms with van der Waals surface area (Å²) in [6, 6.07) is 0. The summed E-state index contributed by atoms with van der Waals surface area (Å²) in [4.78, 5) is 3.90. The van der Waals surface area contributed by atoms with Crippen LogP contribution in [0.2, 0.25) is 0 Å². The fraction of sp³-hybridized carbons (Fsp3) is 0.400. The first-order valence-corrected chi connectivity index (χ1v) is 2.77. The van der Waals surface area contributed by atoms with Crippen molar-refractivity contribution in [3.8, 4) is 0 Å². The second-order valence-corrected chi connectivity index (χ2v) is 1.66. The van der Waals surface area contributed by atoms with Crippen LogP contribution in [0.1, 0.15) is 12.6 Å². The number of aryl methyl sites for hydroxylation is 1. The Balaban J connectivity index is 2.94. The minimum atomic E-state index is 0.245. The van der Waals surface area contributed by atoms with Crippen molar-refractivity contribution in [2.75, 3.05) is 5.73 Å². The van der Waals surface area contributed by atoms with Gasteiger partial charge in [-0.05, 0) is 6.42 Å². The number of rotatable bonds is 1. The minimum Gasteiger partial charge on any atom is -0.366 e. The number of hydrogen-bond acceptors (Lipinski definition) is 4. The number of nitrogens with zero attached hydrogens (tertiary/aromatic N) is 3. The van der Waals surface area contributed by atoms with Crippen molar-refractivity contribution in [1.29, 1.82) is 0 Å². The van der Waals surface area contributed by atoms with Crippen LogP contribution in [0.4, 0.5) is 5.95 Å². The highest BCUT2D eigenvalue weighted by molar-refractivity contribution is 5.13. The zero-order valence-electron chi connectivity index (χ0n) is 5.20. The van der Waals surface area contributed by atoms with Gasteiger partial charge >= 0.3 is 0 Å². The molecule has 0 unspecified atom stereocenters. The molecule has 1 aromatic rings. The zero-order valence-corrected chi connectivity index (χ0v) is 5.20. The molecule has 0 spiro atoms. The van der Waals surface area contributed by atoms with Crippen LogP contribution in [0.3, 0.4) is 0 Å². The van der Waals surface area contributed by atoms with E-state index in [1.807, 2.05) is 6.92 Å². The Morgan fingerprint density at radius 1 is 1.67 bits per heavy atom. The molecule has 0 saturated heterocycles. The molecule has 0 aliphatic rings. The van der Waals surface area contributed by atoms with Gasteiger partial charge in [0.2, 0.25) is 5.95 Å². The summed E-state index contributed by atoms with van der Waals surface area (Å²) in [5, 5.41) is 7.12. The summed E-state index contributed by atoms with van der Waals surface area (Å²) in [7, 11) is 0. The number of nitrogen functional groups attached to an aromatic ring is 1. The highest BCUT2D eigenvalue weighted by Gasteiger charge is 1.90. The highest BCUT2D eigenvalue weighted by atomic mass is 15.2. The third kappa shape index (κ3) is 1.35. The summed E-state index contributed by atoms with van der Waals surface area (Å²) < 4.78 is 0. The molecule has 1 rings (SSSR count). The Morgan fingerprint density at radius 3 is 2.89 bits per heavy atom. The smallest absolute Gasteiger partial charge is 0.240 e. The van der Waals surface area contributed by atoms with Crippen LogP contribution in [-0.2, 0) is 6.42 Å². The van der Waals surface area contributed by atoms with Crippen LogP contribution in [0.15, 0.2) is 6.20 Å². The summed E-state index contributed by atoms with van der Waals surface area (Å²) >= 11 is 0. The van der Waals surface area contributed by atoms with Gasteiger partial charge in [-0.3, -0.25) is 0 Å². The predicted octanol–water partition coefficient (Wildman–Crippen LogP) is 0.0162. The molecule has 0 aromatic carbocycles. The van der Waals surface area contributed by atoms with Gasteiger partial charge in [0, 0.05) is 0 Å². The fourth-order valence-corrected chi connectivity index (χ4v) is 0.523. The Labute approximate surface area is 53.1 Å². The molecule has 0 bridgehead atoms. The number of anilines is 1. The SMILES string of the molecule is CCc1cnnc(N)n1. The van der Waals surface area contributed by atoms with E-state index in [4.69, 9.17) is 5.73 Å². The topological polar surface area (TPSA) is 64.7 Å². The Bertz CT molecular complexity index is 198. The maximum absolute atomic E-state index is 5.25. The molecule has 0 radical (unpaired) electrons. The first kappa shape index (κ1) is 5.94. The van der Waals surface area contributed by atoms with Crippen LogP contribution >= 0.6 is 0 Å². The molecule has 0 aliphatic carbocycles. The first-order chi connectivity index (χ1) is 4.33. The number of nitrogens with two attached hydrogens (primary N) is 1. The van der Waals surface area contributed by atoms with Crippen LogP contribution in [0.25, 0.3) is 0 Å². The number of aromatic nitrogens is 3. The predicted molar refractivity (Wildman–Crippen MR) is 33.6 cm³/mol. The molecule has 48 valence electrons. The summed E-state index contributed by atoms with van der Waals surface area (Å²) in [5.41, 5.74) is 6.13. The molecular formula is C5H8N4. The van der Waals surface area contributed by atoms with E-state index in [0.29, 0.717) is 0 Å². The van der Waals surface area contributed by atoms with Crippen molar-refractivity contribution in [3.63, 3.8) is 0 Å². The third-order valence-electron chi connectivity index (χ3n) is 0.987.